The van der Waals surface area contributed by atoms with Crippen molar-refractivity contribution in [2.75, 3.05) is 25.4 Å². The van der Waals surface area contributed by atoms with E-state index in [1.165, 1.54) is 44.6 Å². The van der Waals surface area contributed by atoms with Crippen LogP contribution in [0.15, 0.2) is 58.5 Å². The first-order valence-corrected chi connectivity index (χ1v) is 35.9. The molecule has 15 aliphatic rings. The van der Waals surface area contributed by atoms with Gasteiger partial charge in [-0.3, -0.25) is 19.6 Å². The zero-order valence-corrected chi connectivity index (χ0v) is 52.2. The van der Waals surface area contributed by atoms with Gasteiger partial charge in [0.2, 0.25) is 5.91 Å². The standard InChI is InChI=1S/C69H97N7O7S2/c1-43(77)82-64-29-17-46-34-49(58(80)59-57(46)47-19-32-68(83-59)27-7-12-50(68)35-47)40-76-42-65(38-56(76)79)51(15-16-54(65)44-10-3-2-4-11-44)39-74-62(72)75-69(28-8-24-63(69)22-5-6-23-63)85-84-41-52-14-13-48(53(20-30-64)55(78)37-64)36-67(52)26-9-25-66(67)31-18-45(60(66)81)21-33-73-61(70)71/h2-4,10-11,19,32,34,45,47-48,50-55,60,78,80-81H,5-9,12-18,20-31,33,35-42H2,1H3,(H4,70,71,73)(H3,72,74,75)/t45-,47-,48-,50-,51-,52+,53-,54-,55+,60-,64-,65-,66-,67-,68+,69+/m0/s1. The number of phenols is 1. The van der Waals surface area contributed by atoms with Crippen molar-refractivity contribution in [3.05, 3.63) is 70.8 Å². The van der Waals surface area contributed by atoms with Crippen LogP contribution in [-0.4, -0.2) is 97.7 Å². The maximum Gasteiger partial charge on any atom is 0.303 e. The van der Waals surface area contributed by atoms with E-state index in [0.29, 0.717) is 80.8 Å². The van der Waals surface area contributed by atoms with Crippen LogP contribution >= 0.6 is 21.6 Å². The number of aromatic hydroxyl groups is 1. The van der Waals surface area contributed by atoms with Crippen molar-refractivity contribution in [2.45, 2.75) is 233 Å². The predicted molar refractivity (Wildman–Crippen MR) is 337 cm³/mol. The molecule has 85 heavy (non-hydrogen) atoms. The van der Waals surface area contributed by atoms with Gasteiger partial charge in [0.05, 0.1) is 12.2 Å². The smallest absolute Gasteiger partial charge is 0.303 e. The van der Waals surface area contributed by atoms with Crippen molar-refractivity contribution in [3.8, 4) is 11.5 Å². The molecule has 9 aliphatic carbocycles. The third kappa shape index (κ3) is 9.75. The van der Waals surface area contributed by atoms with Gasteiger partial charge in [-0.05, 0) is 212 Å². The van der Waals surface area contributed by atoms with Crippen LogP contribution in [0.5, 0.6) is 11.5 Å². The number of phenolic OH excluding ortho intramolecular Hbond substituents is 1. The van der Waals surface area contributed by atoms with Crippen LogP contribution in [-0.2, 0) is 27.3 Å². The van der Waals surface area contributed by atoms with Gasteiger partial charge < -0.3 is 52.2 Å². The maximum absolute atomic E-state index is 15.0. The first-order chi connectivity index (χ1) is 41.0. The zero-order chi connectivity index (χ0) is 58.6. The highest BCUT2D eigenvalue weighted by Crippen LogP contribution is 2.72. The Morgan fingerprint density at radius 2 is 1.67 bits per heavy atom. The Labute approximate surface area is 512 Å². The van der Waals surface area contributed by atoms with Gasteiger partial charge in [0.25, 0.3) is 0 Å². The number of benzene rings is 2. The number of aryl methyl sites for hydroxylation is 1. The van der Waals surface area contributed by atoms with Crippen LogP contribution in [0.2, 0.25) is 0 Å². The van der Waals surface area contributed by atoms with E-state index >= 15 is 4.79 Å². The summed E-state index contributed by atoms with van der Waals surface area (Å²) in [6, 6.07) is 13.0. The number of hydrogen-bond donors (Lipinski definition) is 7. The van der Waals surface area contributed by atoms with Crippen molar-refractivity contribution >= 4 is 45.4 Å². The van der Waals surface area contributed by atoms with Gasteiger partial charge in [-0.2, -0.15) is 0 Å². The number of aliphatic hydroxyl groups is 2. The van der Waals surface area contributed by atoms with E-state index in [-0.39, 0.29) is 86.8 Å². The van der Waals surface area contributed by atoms with Crippen molar-refractivity contribution < 1.29 is 34.4 Å². The molecule has 0 radical (unpaired) electrons. The summed E-state index contributed by atoms with van der Waals surface area (Å²) >= 11 is 0. The van der Waals surface area contributed by atoms with Crippen molar-refractivity contribution in [3.63, 3.8) is 0 Å². The number of fused-ring (bicyclic) bond motifs is 1. The first-order valence-electron chi connectivity index (χ1n) is 33.6. The Kier molecular flexibility index (Phi) is 15.4. The Morgan fingerprint density at radius 1 is 0.871 bits per heavy atom. The lowest BCUT2D eigenvalue weighted by Crippen LogP contribution is -2.56. The Balaban J connectivity index is 0.855. The molecule has 1 saturated heterocycles. The minimum Gasteiger partial charge on any atom is -0.504 e. The topological polar surface area (TPSA) is 231 Å². The number of amides is 1. The minimum absolute atomic E-state index is 0.0396. The van der Waals surface area contributed by atoms with Crippen LogP contribution < -0.4 is 27.3 Å². The van der Waals surface area contributed by atoms with Gasteiger partial charge in [0, 0.05) is 90.9 Å². The Hall–Kier alpha value is -4.12. The quantitative estimate of drug-likeness (QED) is 0.0486. The fourth-order valence-corrected chi connectivity index (χ4v) is 26.4. The van der Waals surface area contributed by atoms with Crippen LogP contribution in [0, 0.1) is 57.2 Å². The summed E-state index contributed by atoms with van der Waals surface area (Å²) in [5.41, 5.74) is 21.1. The summed E-state index contributed by atoms with van der Waals surface area (Å²) in [5, 5.41) is 42.7. The summed E-state index contributed by atoms with van der Waals surface area (Å²) in [7, 11) is 4.11. The summed E-state index contributed by atoms with van der Waals surface area (Å²) in [4.78, 5) is 40.0. The van der Waals surface area contributed by atoms with E-state index < -0.39 is 28.8 Å². The number of hydrogen-bond acceptors (Lipinski definition) is 13. The number of nitrogens with one attached hydrogen (secondary N) is 1. The molecule has 10 bridgehead atoms. The number of ether oxygens (including phenoxy) is 2. The highest BCUT2D eigenvalue weighted by atomic mass is 33.1. The van der Waals surface area contributed by atoms with Crippen LogP contribution in [0.1, 0.15) is 214 Å². The molecule has 14 nitrogen and oxygen atoms in total. The second-order valence-electron chi connectivity index (χ2n) is 29.9. The number of rotatable bonds is 5. The van der Waals surface area contributed by atoms with E-state index in [1.807, 2.05) is 4.90 Å². The Morgan fingerprint density at radius 3 is 2.48 bits per heavy atom. The largest absolute Gasteiger partial charge is 0.504 e. The highest BCUT2D eigenvalue weighted by Gasteiger charge is 2.67. The van der Waals surface area contributed by atoms with Crippen molar-refractivity contribution in [2.24, 2.45) is 84.4 Å². The lowest BCUT2D eigenvalue weighted by Gasteiger charge is -2.57. The lowest BCUT2D eigenvalue weighted by molar-refractivity contribution is -0.173. The number of allylic oxidation sites excluding steroid dienone is 1. The summed E-state index contributed by atoms with van der Waals surface area (Å²) in [5.74, 6) is 3.56. The van der Waals surface area contributed by atoms with Crippen LogP contribution in [0.3, 0.4) is 0 Å². The maximum atomic E-state index is 15.0. The summed E-state index contributed by atoms with van der Waals surface area (Å²) < 4.78 is 13.8. The van der Waals surface area contributed by atoms with Gasteiger partial charge in [-0.25, -0.2) is 0 Å². The molecule has 0 aromatic heterocycles. The molecule has 17 rings (SSSR count). The molecule has 2 aromatic rings. The van der Waals surface area contributed by atoms with Gasteiger partial charge >= 0.3 is 5.97 Å². The van der Waals surface area contributed by atoms with Gasteiger partial charge in [0.1, 0.15) is 16.1 Å². The molecule has 1 amide bonds. The number of aliphatic imine (C=N–C) groups is 2. The molecule has 0 unspecified atom stereocenters. The molecule has 6 aliphatic heterocycles. The van der Waals surface area contributed by atoms with E-state index in [1.54, 1.807) is 0 Å². The number of esters is 1. The number of nitrogens with two attached hydrogens (primary N) is 3. The number of nitrogens with zero attached hydrogens (tertiary/aromatic N) is 3. The molecule has 6 spiro atoms. The monoisotopic (exact) mass is 1200 g/mol. The molecular formula is C69H97N7O7S2. The second-order valence-corrected chi connectivity index (χ2v) is 32.6. The molecule has 16 atom stereocenters. The molecule has 16 heteroatoms. The molecule has 8 saturated carbocycles. The average molecular weight is 1200 g/mol. The summed E-state index contributed by atoms with van der Waals surface area (Å²) in [6.45, 7) is 3.37. The number of carbonyl (C=O) groups excluding carboxylic acids is 2. The van der Waals surface area contributed by atoms with Crippen molar-refractivity contribution in [1.82, 2.24) is 10.2 Å². The fourth-order valence-electron chi connectivity index (χ4n) is 22.5. The highest BCUT2D eigenvalue weighted by molar-refractivity contribution is 8.77. The van der Waals surface area contributed by atoms with Gasteiger partial charge in [-0.15, -0.1) is 0 Å². The van der Waals surface area contributed by atoms with Crippen LogP contribution in [0.25, 0.3) is 0 Å². The van der Waals surface area contributed by atoms with E-state index in [4.69, 9.17) is 31.7 Å². The summed E-state index contributed by atoms with van der Waals surface area (Å²) in [6.07, 6.45) is 29.8. The molecule has 9 fully saturated rings. The van der Waals surface area contributed by atoms with E-state index in [2.05, 4.69) is 80.4 Å². The average Bonchev–Trinajstić information content (AvgIpc) is 1.80. The second kappa shape index (κ2) is 22.4. The first kappa shape index (κ1) is 58.6. The van der Waals surface area contributed by atoms with E-state index in [0.717, 1.165) is 132 Å². The van der Waals surface area contributed by atoms with Gasteiger partial charge in [0.15, 0.2) is 23.4 Å². The number of guanidine groups is 2. The van der Waals surface area contributed by atoms with E-state index in [9.17, 15) is 20.1 Å². The predicted octanol–water partition coefficient (Wildman–Crippen LogP) is 11.4. The van der Waals surface area contributed by atoms with Crippen molar-refractivity contribution in [1.29, 1.82) is 0 Å². The SMILES string of the molecule is CC(=O)O[C@@]12CCc3cc(c(O)c4c3[C@H]3C=C[C@@]5(CCC[C@H]5C3)O4)CN3C[C@@]4(CC3=O)[C@@H](CC[C@H]4c3ccccc3)CN=C(N)N[C@]3(CCCC34CCCC4)SSC[C@H]3CC[C@@H](C[C@@]34CCC[C@@]43CC[C@@H](CCN=C(N)N)[C@@H]3O)[C@H](CC1)[C@H](O)C2. The molecule has 462 valence electrons. The zero-order valence-electron chi connectivity index (χ0n) is 50.6. The van der Waals surface area contributed by atoms with Crippen LogP contribution in [0.4, 0.5) is 0 Å². The molecule has 2 aromatic carbocycles. The lowest BCUT2D eigenvalue weighted by atomic mass is 9.49. The number of aliphatic hydroxyl groups excluding tert-OH is 2. The molecule has 6 heterocycles. The molecule has 10 N–H and O–H groups in total. The Bertz CT molecular complexity index is 2970. The number of carbonyl (C=O) groups is 2. The molecular weight excluding hydrogens is 1100 g/mol. The fraction of sp³-hybridized carbons (Fsp3) is 0.739. The van der Waals surface area contributed by atoms with Gasteiger partial charge in [-0.1, -0.05) is 77.3 Å². The third-order valence-electron chi connectivity index (χ3n) is 26.3. The normalized spacial score (nSPS) is 41.9. The third-order valence-corrected chi connectivity index (χ3v) is 29.6. The minimum atomic E-state index is -0.887.